The highest BCUT2D eigenvalue weighted by atomic mass is 19.1. The van der Waals surface area contributed by atoms with Crippen molar-refractivity contribution in [1.29, 1.82) is 0 Å². The second-order valence-corrected chi connectivity index (χ2v) is 4.04. The number of carboxylic acids is 1. The fraction of sp³-hybridized carbons (Fsp3) is 0.214. The molecule has 0 radical (unpaired) electrons. The van der Waals surface area contributed by atoms with E-state index in [0.29, 0.717) is 5.56 Å². The van der Waals surface area contributed by atoms with Gasteiger partial charge < -0.3 is 14.6 Å². The van der Waals surface area contributed by atoms with E-state index in [0.717, 1.165) is 0 Å². The van der Waals surface area contributed by atoms with Crippen LogP contribution in [0.15, 0.2) is 36.4 Å². The van der Waals surface area contributed by atoms with Gasteiger partial charge in [0.05, 0.1) is 6.42 Å². The SMILES string of the molecule is C=C(CC(=O)OCc1ccc(F)cc1)C(=O)OCC(=O)O. The largest absolute Gasteiger partial charge is 0.479 e. The molecule has 1 aromatic carbocycles. The van der Waals surface area contributed by atoms with Gasteiger partial charge in [-0.15, -0.1) is 0 Å². The van der Waals surface area contributed by atoms with Crippen LogP contribution in [0.5, 0.6) is 0 Å². The number of ether oxygens (including phenoxy) is 2. The molecular formula is C14H13FO6. The molecule has 21 heavy (non-hydrogen) atoms. The minimum atomic E-state index is -1.31. The smallest absolute Gasteiger partial charge is 0.341 e. The van der Waals surface area contributed by atoms with E-state index < -0.39 is 36.8 Å². The highest BCUT2D eigenvalue weighted by molar-refractivity contribution is 5.94. The lowest BCUT2D eigenvalue weighted by Gasteiger charge is -2.06. The molecule has 0 aliphatic heterocycles. The molecule has 1 N–H and O–H groups in total. The third-order valence-electron chi connectivity index (χ3n) is 2.29. The number of halogens is 1. The van der Waals surface area contributed by atoms with Gasteiger partial charge in [-0.1, -0.05) is 18.7 Å². The van der Waals surface area contributed by atoms with Gasteiger partial charge in [0.15, 0.2) is 6.61 Å². The first-order valence-corrected chi connectivity index (χ1v) is 5.85. The van der Waals surface area contributed by atoms with Gasteiger partial charge >= 0.3 is 17.9 Å². The number of esters is 2. The van der Waals surface area contributed by atoms with E-state index in [1.54, 1.807) is 0 Å². The Morgan fingerprint density at radius 2 is 1.76 bits per heavy atom. The van der Waals surface area contributed by atoms with Gasteiger partial charge in [-0.2, -0.15) is 0 Å². The maximum Gasteiger partial charge on any atom is 0.341 e. The van der Waals surface area contributed by atoms with Crippen LogP contribution in [0.1, 0.15) is 12.0 Å². The monoisotopic (exact) mass is 296 g/mol. The molecule has 0 amide bonds. The minimum Gasteiger partial charge on any atom is -0.479 e. The predicted molar refractivity (Wildman–Crippen MR) is 68.5 cm³/mol. The summed E-state index contributed by atoms with van der Waals surface area (Å²) >= 11 is 0. The molecule has 0 bridgehead atoms. The third-order valence-corrected chi connectivity index (χ3v) is 2.29. The molecule has 0 aromatic heterocycles. The van der Waals surface area contributed by atoms with E-state index in [4.69, 9.17) is 9.84 Å². The summed E-state index contributed by atoms with van der Waals surface area (Å²) in [5.41, 5.74) is 0.379. The van der Waals surface area contributed by atoms with E-state index in [-0.39, 0.29) is 12.2 Å². The molecule has 0 aliphatic carbocycles. The average Bonchev–Trinajstić information content (AvgIpc) is 2.44. The Morgan fingerprint density at radius 1 is 1.14 bits per heavy atom. The fourth-order valence-corrected chi connectivity index (χ4v) is 1.27. The van der Waals surface area contributed by atoms with Crippen LogP contribution in [-0.4, -0.2) is 29.6 Å². The summed E-state index contributed by atoms with van der Waals surface area (Å²) in [4.78, 5) is 32.9. The number of hydrogen-bond acceptors (Lipinski definition) is 5. The number of carboxylic acid groups (broad SMARTS) is 1. The zero-order chi connectivity index (χ0) is 15.8. The lowest BCUT2D eigenvalue weighted by Crippen LogP contribution is -2.16. The summed E-state index contributed by atoms with van der Waals surface area (Å²) in [5.74, 6) is -3.41. The Hall–Kier alpha value is -2.70. The third kappa shape index (κ3) is 6.33. The molecule has 0 atom stereocenters. The Morgan fingerprint density at radius 3 is 2.33 bits per heavy atom. The number of carbonyl (C=O) groups is 3. The second-order valence-electron chi connectivity index (χ2n) is 4.04. The molecule has 1 aromatic rings. The molecule has 6 nitrogen and oxygen atoms in total. The maximum absolute atomic E-state index is 12.7. The van der Waals surface area contributed by atoms with E-state index in [2.05, 4.69) is 11.3 Å². The highest BCUT2D eigenvalue weighted by Gasteiger charge is 2.15. The average molecular weight is 296 g/mol. The van der Waals surface area contributed by atoms with Crippen LogP contribution in [0.2, 0.25) is 0 Å². The van der Waals surface area contributed by atoms with Crippen molar-refractivity contribution < 1.29 is 33.4 Å². The van der Waals surface area contributed by atoms with Gasteiger partial charge in [0.1, 0.15) is 12.4 Å². The maximum atomic E-state index is 12.7. The number of aliphatic carboxylic acids is 1. The molecule has 0 unspecified atom stereocenters. The number of rotatable bonds is 7. The lowest BCUT2D eigenvalue weighted by atomic mass is 10.2. The van der Waals surface area contributed by atoms with E-state index in [1.165, 1.54) is 24.3 Å². The molecule has 0 heterocycles. The lowest BCUT2D eigenvalue weighted by molar-refractivity contribution is -0.153. The van der Waals surface area contributed by atoms with E-state index >= 15 is 0 Å². The van der Waals surface area contributed by atoms with Crippen molar-refractivity contribution in [3.8, 4) is 0 Å². The molecule has 0 fully saturated rings. The molecule has 1 rings (SSSR count). The van der Waals surface area contributed by atoms with Crippen LogP contribution < -0.4 is 0 Å². The van der Waals surface area contributed by atoms with Gasteiger partial charge in [-0.3, -0.25) is 4.79 Å². The molecular weight excluding hydrogens is 283 g/mol. The number of carbonyl (C=O) groups excluding carboxylic acids is 2. The van der Waals surface area contributed by atoms with Gasteiger partial charge in [0.2, 0.25) is 0 Å². The first-order valence-electron chi connectivity index (χ1n) is 5.85. The predicted octanol–water partition coefficient (Wildman–Crippen LogP) is 1.44. The van der Waals surface area contributed by atoms with Crippen molar-refractivity contribution in [1.82, 2.24) is 0 Å². The van der Waals surface area contributed by atoms with Crippen molar-refractivity contribution in [2.75, 3.05) is 6.61 Å². The standard InChI is InChI=1S/C14H13FO6/c1-9(14(19)21-8-12(16)17)6-13(18)20-7-10-2-4-11(15)5-3-10/h2-5H,1,6-8H2,(H,16,17). The van der Waals surface area contributed by atoms with E-state index in [1.807, 2.05) is 0 Å². The van der Waals surface area contributed by atoms with Crippen molar-refractivity contribution in [2.24, 2.45) is 0 Å². The van der Waals surface area contributed by atoms with Crippen LogP contribution >= 0.6 is 0 Å². The van der Waals surface area contributed by atoms with Gasteiger partial charge in [0.25, 0.3) is 0 Å². The zero-order valence-corrected chi connectivity index (χ0v) is 11.0. The van der Waals surface area contributed by atoms with Crippen LogP contribution in [0, 0.1) is 5.82 Å². The Labute approximate surface area is 119 Å². The van der Waals surface area contributed by atoms with Crippen LogP contribution in [0.4, 0.5) is 4.39 Å². The quantitative estimate of drug-likeness (QED) is 0.605. The van der Waals surface area contributed by atoms with Crippen LogP contribution in [0.25, 0.3) is 0 Å². The number of benzene rings is 1. The second kappa shape index (κ2) is 7.78. The first kappa shape index (κ1) is 16.4. The van der Waals surface area contributed by atoms with Crippen molar-refractivity contribution in [3.63, 3.8) is 0 Å². The van der Waals surface area contributed by atoms with E-state index in [9.17, 15) is 18.8 Å². The van der Waals surface area contributed by atoms with Gasteiger partial charge in [-0.05, 0) is 17.7 Å². The zero-order valence-electron chi connectivity index (χ0n) is 11.0. The van der Waals surface area contributed by atoms with Crippen molar-refractivity contribution in [2.45, 2.75) is 13.0 Å². The molecule has 0 saturated heterocycles. The normalized spacial score (nSPS) is 9.76. The Balaban J connectivity index is 2.35. The van der Waals surface area contributed by atoms with Gasteiger partial charge in [-0.25, -0.2) is 14.0 Å². The summed E-state index contributed by atoms with van der Waals surface area (Å²) in [7, 11) is 0. The summed E-state index contributed by atoms with van der Waals surface area (Å²) in [6.07, 6.45) is -0.417. The summed E-state index contributed by atoms with van der Waals surface area (Å²) in [6, 6.07) is 5.37. The minimum absolute atomic E-state index is 0.0729. The van der Waals surface area contributed by atoms with Gasteiger partial charge in [0, 0.05) is 5.57 Å². The summed E-state index contributed by atoms with van der Waals surface area (Å²) < 4.78 is 21.9. The Bertz CT molecular complexity index is 549. The highest BCUT2D eigenvalue weighted by Crippen LogP contribution is 2.07. The van der Waals surface area contributed by atoms with Crippen LogP contribution in [-0.2, 0) is 30.5 Å². The molecule has 0 aliphatic rings. The van der Waals surface area contributed by atoms with Crippen molar-refractivity contribution in [3.05, 3.63) is 47.8 Å². The van der Waals surface area contributed by atoms with Crippen molar-refractivity contribution >= 4 is 17.9 Å². The Kier molecular flexibility index (Phi) is 6.06. The summed E-state index contributed by atoms with van der Waals surface area (Å²) in [6.45, 7) is 2.45. The molecule has 0 spiro atoms. The summed E-state index contributed by atoms with van der Waals surface area (Å²) in [5, 5.41) is 8.33. The topological polar surface area (TPSA) is 89.9 Å². The number of hydrogen-bond donors (Lipinski definition) is 1. The molecule has 112 valence electrons. The molecule has 7 heteroatoms. The van der Waals surface area contributed by atoms with Crippen LogP contribution in [0.3, 0.4) is 0 Å². The first-order chi connectivity index (χ1) is 9.88. The molecule has 0 saturated carbocycles. The fourth-order valence-electron chi connectivity index (χ4n) is 1.27.